The van der Waals surface area contributed by atoms with E-state index in [-0.39, 0.29) is 5.41 Å². The van der Waals surface area contributed by atoms with Crippen LogP contribution in [0.5, 0.6) is 0 Å². The van der Waals surface area contributed by atoms with Gasteiger partial charge in [-0.05, 0) is 90.0 Å². The Bertz CT molecular complexity index is 2530. The SMILES string of the molecule is CC1(C)c2ccccc2N(c2cccc(-n3cc(-c4ccc(N5c6ccccc6N(c6ccccc6)c6ccccc65)cc4)nn3)c2)c2ccccc21. The summed E-state index contributed by atoms with van der Waals surface area (Å²) in [6.07, 6.45) is 2.01. The Morgan fingerprint density at radius 2 is 0.830 bits per heavy atom. The van der Waals surface area contributed by atoms with Gasteiger partial charge in [-0.25, -0.2) is 4.68 Å². The molecule has 0 aliphatic carbocycles. The maximum absolute atomic E-state index is 4.63. The van der Waals surface area contributed by atoms with Gasteiger partial charge in [0.25, 0.3) is 0 Å². The summed E-state index contributed by atoms with van der Waals surface area (Å²) in [7, 11) is 0. The van der Waals surface area contributed by atoms with E-state index in [1.54, 1.807) is 0 Å². The topological polar surface area (TPSA) is 40.4 Å². The van der Waals surface area contributed by atoms with E-state index in [0.717, 1.165) is 56.8 Å². The highest BCUT2D eigenvalue weighted by Gasteiger charge is 2.36. The molecule has 254 valence electrons. The van der Waals surface area contributed by atoms with Gasteiger partial charge in [-0.15, -0.1) is 5.10 Å². The van der Waals surface area contributed by atoms with Gasteiger partial charge in [0.05, 0.1) is 46.0 Å². The Labute approximate surface area is 309 Å². The smallest absolute Gasteiger partial charge is 0.113 e. The van der Waals surface area contributed by atoms with Crippen molar-refractivity contribution < 1.29 is 0 Å². The van der Waals surface area contributed by atoms with Gasteiger partial charge in [0.2, 0.25) is 0 Å². The zero-order valence-corrected chi connectivity index (χ0v) is 29.5. The van der Waals surface area contributed by atoms with Crippen LogP contribution in [0.2, 0.25) is 0 Å². The second-order valence-corrected chi connectivity index (χ2v) is 14.1. The molecule has 6 heteroatoms. The molecule has 0 N–H and O–H groups in total. The Hall–Kier alpha value is -6.92. The molecule has 10 rings (SSSR count). The Kier molecular flexibility index (Phi) is 7.05. The van der Waals surface area contributed by atoms with Gasteiger partial charge in [0.15, 0.2) is 0 Å². The Balaban J connectivity index is 0.981. The van der Waals surface area contributed by atoms with Crippen molar-refractivity contribution in [3.05, 3.63) is 193 Å². The Morgan fingerprint density at radius 3 is 1.40 bits per heavy atom. The third kappa shape index (κ3) is 4.94. The van der Waals surface area contributed by atoms with Crippen LogP contribution in [0.4, 0.5) is 51.2 Å². The monoisotopic (exact) mass is 684 g/mol. The number of anilines is 9. The fraction of sp³-hybridized carbons (Fsp3) is 0.0638. The number of para-hydroxylation sites is 7. The lowest BCUT2D eigenvalue weighted by molar-refractivity contribution is 0.632. The fourth-order valence-electron chi connectivity index (χ4n) is 8.10. The van der Waals surface area contributed by atoms with Crippen molar-refractivity contribution in [2.24, 2.45) is 0 Å². The summed E-state index contributed by atoms with van der Waals surface area (Å²) in [6, 6.07) is 62.4. The van der Waals surface area contributed by atoms with Gasteiger partial charge >= 0.3 is 0 Å². The van der Waals surface area contributed by atoms with E-state index in [4.69, 9.17) is 0 Å². The van der Waals surface area contributed by atoms with E-state index in [1.165, 1.54) is 22.5 Å². The molecule has 0 spiro atoms. The largest absolute Gasteiger partial charge is 0.310 e. The van der Waals surface area contributed by atoms with Gasteiger partial charge in [0.1, 0.15) is 5.69 Å². The first-order valence-electron chi connectivity index (χ1n) is 18.0. The lowest BCUT2D eigenvalue weighted by Crippen LogP contribution is -2.30. The highest BCUT2D eigenvalue weighted by molar-refractivity contribution is 6.01. The highest BCUT2D eigenvalue weighted by atomic mass is 15.4. The van der Waals surface area contributed by atoms with Crippen molar-refractivity contribution in [1.82, 2.24) is 15.0 Å². The normalized spacial score (nSPS) is 13.9. The van der Waals surface area contributed by atoms with Crippen molar-refractivity contribution in [1.29, 1.82) is 0 Å². The van der Waals surface area contributed by atoms with Gasteiger partial charge in [-0.3, -0.25) is 0 Å². The average Bonchev–Trinajstić information content (AvgIpc) is 3.71. The molecule has 0 bridgehead atoms. The highest BCUT2D eigenvalue weighted by Crippen LogP contribution is 2.54. The molecule has 53 heavy (non-hydrogen) atoms. The van der Waals surface area contributed by atoms with E-state index in [2.05, 4.69) is 215 Å². The summed E-state index contributed by atoms with van der Waals surface area (Å²) in [5.41, 5.74) is 15.4. The second-order valence-electron chi connectivity index (χ2n) is 14.1. The van der Waals surface area contributed by atoms with Crippen LogP contribution >= 0.6 is 0 Å². The number of nitrogens with zero attached hydrogens (tertiary/aromatic N) is 6. The van der Waals surface area contributed by atoms with Crippen LogP contribution in [0.1, 0.15) is 25.0 Å². The molecule has 2 aliphatic rings. The first-order chi connectivity index (χ1) is 26.1. The van der Waals surface area contributed by atoms with Crippen molar-refractivity contribution in [3.8, 4) is 16.9 Å². The first kappa shape index (κ1) is 30.9. The minimum absolute atomic E-state index is 0.110. The van der Waals surface area contributed by atoms with Gasteiger partial charge in [-0.1, -0.05) is 116 Å². The van der Waals surface area contributed by atoms with Crippen molar-refractivity contribution in [3.63, 3.8) is 0 Å². The third-order valence-corrected chi connectivity index (χ3v) is 10.6. The van der Waals surface area contributed by atoms with Crippen molar-refractivity contribution in [2.75, 3.05) is 14.7 Å². The molecule has 0 fully saturated rings. The number of aromatic nitrogens is 3. The number of hydrogen-bond donors (Lipinski definition) is 0. The zero-order chi connectivity index (χ0) is 35.5. The van der Waals surface area contributed by atoms with Crippen LogP contribution < -0.4 is 14.7 Å². The van der Waals surface area contributed by atoms with Crippen LogP contribution in [-0.4, -0.2) is 15.0 Å². The quantitative estimate of drug-likeness (QED) is 0.180. The van der Waals surface area contributed by atoms with E-state index in [1.807, 2.05) is 10.9 Å². The van der Waals surface area contributed by atoms with Crippen LogP contribution in [0.25, 0.3) is 16.9 Å². The molecular formula is C47H36N6. The van der Waals surface area contributed by atoms with Gasteiger partial charge in [-0.2, -0.15) is 0 Å². The third-order valence-electron chi connectivity index (χ3n) is 10.6. The second kappa shape index (κ2) is 12.1. The first-order valence-corrected chi connectivity index (χ1v) is 18.0. The fourth-order valence-corrected chi connectivity index (χ4v) is 8.10. The molecule has 1 aromatic heterocycles. The van der Waals surface area contributed by atoms with E-state index in [0.29, 0.717) is 0 Å². The summed E-state index contributed by atoms with van der Waals surface area (Å²) in [5, 5.41) is 9.23. The van der Waals surface area contributed by atoms with Gasteiger partial charge in [0, 0.05) is 28.0 Å². The summed E-state index contributed by atoms with van der Waals surface area (Å²) < 4.78 is 1.87. The number of fused-ring (bicyclic) bond motifs is 4. The molecule has 0 amide bonds. The summed E-state index contributed by atoms with van der Waals surface area (Å²) in [6.45, 7) is 4.62. The number of rotatable bonds is 5. The molecule has 6 nitrogen and oxygen atoms in total. The molecule has 0 atom stereocenters. The minimum atomic E-state index is -0.110. The molecule has 8 aromatic rings. The molecule has 7 aromatic carbocycles. The molecule has 0 radical (unpaired) electrons. The molecule has 0 unspecified atom stereocenters. The number of benzene rings is 7. The lowest BCUT2D eigenvalue weighted by atomic mass is 9.73. The minimum Gasteiger partial charge on any atom is -0.310 e. The van der Waals surface area contributed by atoms with Crippen LogP contribution in [0, 0.1) is 0 Å². The van der Waals surface area contributed by atoms with E-state index in [9.17, 15) is 0 Å². The molecule has 3 heterocycles. The molecular weight excluding hydrogens is 649 g/mol. The van der Waals surface area contributed by atoms with Crippen molar-refractivity contribution in [2.45, 2.75) is 19.3 Å². The maximum atomic E-state index is 4.63. The zero-order valence-electron chi connectivity index (χ0n) is 29.5. The van der Waals surface area contributed by atoms with Crippen LogP contribution in [-0.2, 0) is 5.41 Å². The predicted octanol–water partition coefficient (Wildman–Crippen LogP) is 12.3. The Morgan fingerprint density at radius 1 is 0.396 bits per heavy atom. The van der Waals surface area contributed by atoms with Crippen LogP contribution in [0.15, 0.2) is 182 Å². The summed E-state index contributed by atoms with van der Waals surface area (Å²) >= 11 is 0. The predicted molar refractivity (Wildman–Crippen MR) is 217 cm³/mol. The van der Waals surface area contributed by atoms with Crippen LogP contribution in [0.3, 0.4) is 0 Å². The average molecular weight is 685 g/mol. The van der Waals surface area contributed by atoms with Gasteiger partial charge < -0.3 is 14.7 Å². The lowest BCUT2D eigenvalue weighted by Gasteiger charge is -2.42. The van der Waals surface area contributed by atoms with E-state index >= 15 is 0 Å². The molecule has 0 saturated heterocycles. The summed E-state index contributed by atoms with van der Waals surface area (Å²) in [5.74, 6) is 0. The summed E-state index contributed by atoms with van der Waals surface area (Å²) in [4.78, 5) is 7.05. The molecule has 0 saturated carbocycles. The van der Waals surface area contributed by atoms with E-state index < -0.39 is 0 Å². The molecule has 2 aliphatic heterocycles. The maximum Gasteiger partial charge on any atom is 0.113 e. The number of hydrogen-bond acceptors (Lipinski definition) is 5. The standard InChI is InChI=1S/C47H36N6/c1-47(2)38-19-6-8-21-41(38)53(42-22-9-7-20-39(42)47)37-18-14-17-36(31-37)50-32-40(48-49-50)33-27-29-35(30-28-33)52-45-25-12-10-23-43(45)51(34-15-4-3-5-16-34)44-24-11-13-26-46(44)52/h3-32H,1-2H3. The van der Waals surface area contributed by atoms with Crippen molar-refractivity contribution >= 4 is 51.2 Å².